The van der Waals surface area contributed by atoms with E-state index in [9.17, 15) is 4.79 Å². The van der Waals surface area contributed by atoms with Gasteiger partial charge >= 0.3 is 0 Å². The summed E-state index contributed by atoms with van der Waals surface area (Å²) in [5.74, 6) is 1.55. The number of aromatic nitrogens is 2. The predicted molar refractivity (Wildman–Crippen MR) is 129 cm³/mol. The summed E-state index contributed by atoms with van der Waals surface area (Å²) in [6.45, 7) is 2.95. The molecule has 3 aromatic carbocycles. The van der Waals surface area contributed by atoms with Crippen molar-refractivity contribution >= 4 is 23.3 Å². The van der Waals surface area contributed by atoms with Gasteiger partial charge in [0.15, 0.2) is 5.82 Å². The standard InChI is InChI=1S/C26H24ClN3O3/c1-18-5-3-4-6-20(18)16-30-14-13-25(29-30)28-26(31)19-7-12-24(32-2)21(15-19)17-33-23-10-8-22(27)9-11-23/h3-15H,16-17H2,1-2H3,(H,28,29,31). The minimum atomic E-state index is -0.258. The number of methoxy groups -OCH3 is 1. The van der Waals surface area contributed by atoms with Crippen LogP contribution >= 0.6 is 11.6 Å². The summed E-state index contributed by atoms with van der Waals surface area (Å²) < 4.78 is 13.1. The highest BCUT2D eigenvalue weighted by molar-refractivity contribution is 6.30. The fourth-order valence-corrected chi connectivity index (χ4v) is 3.52. The lowest BCUT2D eigenvalue weighted by atomic mass is 10.1. The number of carbonyl (C=O) groups excluding carboxylic acids is 1. The van der Waals surface area contributed by atoms with Crippen molar-refractivity contribution in [3.8, 4) is 11.5 Å². The third-order valence-electron chi connectivity index (χ3n) is 5.23. The van der Waals surface area contributed by atoms with Gasteiger partial charge in [0.25, 0.3) is 5.91 Å². The maximum absolute atomic E-state index is 12.8. The van der Waals surface area contributed by atoms with E-state index in [2.05, 4.69) is 29.5 Å². The molecule has 168 valence electrons. The SMILES string of the molecule is COc1ccc(C(=O)Nc2ccn(Cc3ccccc3C)n2)cc1COc1ccc(Cl)cc1. The molecule has 0 unspecified atom stereocenters. The van der Waals surface area contributed by atoms with Crippen molar-refractivity contribution in [3.05, 3.63) is 106 Å². The zero-order valence-corrected chi connectivity index (χ0v) is 19.2. The summed E-state index contributed by atoms with van der Waals surface area (Å²) in [6.07, 6.45) is 1.85. The topological polar surface area (TPSA) is 65.4 Å². The molecule has 0 bridgehead atoms. The number of anilines is 1. The third kappa shape index (κ3) is 5.73. The molecule has 0 spiro atoms. The van der Waals surface area contributed by atoms with E-state index in [0.29, 0.717) is 34.4 Å². The van der Waals surface area contributed by atoms with Gasteiger partial charge in [-0.1, -0.05) is 35.9 Å². The second-order valence-electron chi connectivity index (χ2n) is 7.55. The van der Waals surface area contributed by atoms with E-state index in [1.165, 1.54) is 11.1 Å². The molecule has 0 aliphatic carbocycles. The average molecular weight is 462 g/mol. The summed E-state index contributed by atoms with van der Waals surface area (Å²) in [5.41, 5.74) is 3.62. The molecule has 1 N–H and O–H groups in total. The Balaban J connectivity index is 1.43. The van der Waals surface area contributed by atoms with Gasteiger partial charge in [-0.05, 0) is 60.5 Å². The first-order chi connectivity index (χ1) is 16.0. The van der Waals surface area contributed by atoms with Gasteiger partial charge in [-0.2, -0.15) is 5.10 Å². The van der Waals surface area contributed by atoms with Crippen LogP contribution in [0.25, 0.3) is 0 Å². The fourth-order valence-electron chi connectivity index (χ4n) is 3.39. The lowest BCUT2D eigenvalue weighted by Crippen LogP contribution is -2.14. The largest absolute Gasteiger partial charge is 0.496 e. The molecule has 0 radical (unpaired) electrons. The van der Waals surface area contributed by atoms with Gasteiger partial charge in [0.1, 0.15) is 18.1 Å². The van der Waals surface area contributed by atoms with Crippen LogP contribution in [0.2, 0.25) is 5.02 Å². The van der Waals surface area contributed by atoms with Crippen LogP contribution in [-0.4, -0.2) is 22.8 Å². The number of hydrogen-bond donors (Lipinski definition) is 1. The number of benzene rings is 3. The van der Waals surface area contributed by atoms with E-state index in [4.69, 9.17) is 21.1 Å². The summed E-state index contributed by atoms with van der Waals surface area (Å²) >= 11 is 5.92. The zero-order chi connectivity index (χ0) is 23.2. The number of rotatable bonds is 8. The van der Waals surface area contributed by atoms with E-state index in [1.807, 2.05) is 18.3 Å². The Bertz CT molecular complexity index is 1250. The van der Waals surface area contributed by atoms with Crippen molar-refractivity contribution in [1.82, 2.24) is 9.78 Å². The molecule has 0 saturated heterocycles. The van der Waals surface area contributed by atoms with E-state index in [-0.39, 0.29) is 12.5 Å². The number of amides is 1. The zero-order valence-electron chi connectivity index (χ0n) is 18.4. The normalized spacial score (nSPS) is 10.6. The van der Waals surface area contributed by atoms with Crippen LogP contribution < -0.4 is 14.8 Å². The first kappa shape index (κ1) is 22.4. The second-order valence-corrected chi connectivity index (χ2v) is 7.98. The number of hydrogen-bond acceptors (Lipinski definition) is 4. The Kier molecular flexibility index (Phi) is 6.95. The van der Waals surface area contributed by atoms with Crippen LogP contribution in [-0.2, 0) is 13.2 Å². The van der Waals surface area contributed by atoms with Crippen molar-refractivity contribution < 1.29 is 14.3 Å². The monoisotopic (exact) mass is 461 g/mol. The molecule has 1 aromatic heterocycles. The molecule has 33 heavy (non-hydrogen) atoms. The lowest BCUT2D eigenvalue weighted by Gasteiger charge is -2.12. The highest BCUT2D eigenvalue weighted by Gasteiger charge is 2.13. The lowest BCUT2D eigenvalue weighted by molar-refractivity contribution is 0.102. The molecule has 0 atom stereocenters. The minimum absolute atomic E-state index is 0.247. The number of halogens is 1. The highest BCUT2D eigenvalue weighted by atomic mass is 35.5. The van der Waals surface area contributed by atoms with Gasteiger partial charge in [-0.15, -0.1) is 0 Å². The van der Waals surface area contributed by atoms with E-state index < -0.39 is 0 Å². The van der Waals surface area contributed by atoms with Gasteiger partial charge < -0.3 is 14.8 Å². The Morgan fingerprint density at radius 2 is 1.82 bits per heavy atom. The second kappa shape index (κ2) is 10.2. The Morgan fingerprint density at radius 1 is 1.03 bits per heavy atom. The van der Waals surface area contributed by atoms with Crippen LogP contribution in [0.4, 0.5) is 5.82 Å². The fraction of sp³-hybridized carbons (Fsp3) is 0.154. The van der Waals surface area contributed by atoms with Crippen molar-refractivity contribution in [2.45, 2.75) is 20.1 Å². The number of ether oxygens (including phenoxy) is 2. The molecule has 0 saturated carbocycles. The van der Waals surface area contributed by atoms with Crippen LogP contribution in [0.5, 0.6) is 11.5 Å². The molecule has 0 fully saturated rings. The quantitative estimate of drug-likeness (QED) is 0.363. The molecule has 0 aliphatic heterocycles. The number of nitrogens with zero attached hydrogens (tertiary/aromatic N) is 2. The summed E-state index contributed by atoms with van der Waals surface area (Å²) in [6, 6.07) is 22.3. The van der Waals surface area contributed by atoms with Crippen molar-refractivity contribution in [2.24, 2.45) is 0 Å². The predicted octanol–water partition coefficient (Wildman–Crippen LogP) is 5.73. The molecule has 7 heteroatoms. The van der Waals surface area contributed by atoms with Crippen LogP contribution in [0.3, 0.4) is 0 Å². The van der Waals surface area contributed by atoms with Gasteiger partial charge in [0.2, 0.25) is 0 Å². The molecular weight excluding hydrogens is 438 g/mol. The number of aryl methyl sites for hydroxylation is 1. The molecule has 1 heterocycles. The van der Waals surface area contributed by atoms with Crippen LogP contribution in [0.1, 0.15) is 27.0 Å². The maximum Gasteiger partial charge on any atom is 0.256 e. The smallest absolute Gasteiger partial charge is 0.256 e. The molecular formula is C26H24ClN3O3. The summed E-state index contributed by atoms with van der Waals surface area (Å²) in [7, 11) is 1.59. The molecule has 1 amide bonds. The van der Waals surface area contributed by atoms with Gasteiger partial charge in [0.05, 0.1) is 13.7 Å². The van der Waals surface area contributed by atoms with Gasteiger partial charge in [-0.25, -0.2) is 0 Å². The van der Waals surface area contributed by atoms with Gasteiger partial charge in [0, 0.05) is 28.4 Å². The van der Waals surface area contributed by atoms with E-state index >= 15 is 0 Å². The van der Waals surface area contributed by atoms with Crippen molar-refractivity contribution in [3.63, 3.8) is 0 Å². The first-order valence-corrected chi connectivity index (χ1v) is 10.8. The van der Waals surface area contributed by atoms with Crippen molar-refractivity contribution in [2.75, 3.05) is 12.4 Å². The van der Waals surface area contributed by atoms with Crippen molar-refractivity contribution in [1.29, 1.82) is 0 Å². The maximum atomic E-state index is 12.8. The van der Waals surface area contributed by atoms with E-state index in [1.54, 1.807) is 60.3 Å². The summed E-state index contributed by atoms with van der Waals surface area (Å²) in [4.78, 5) is 12.8. The number of carbonyl (C=O) groups is 1. The third-order valence-corrected chi connectivity index (χ3v) is 5.48. The Morgan fingerprint density at radius 3 is 2.58 bits per heavy atom. The van der Waals surface area contributed by atoms with Gasteiger partial charge in [-0.3, -0.25) is 9.48 Å². The van der Waals surface area contributed by atoms with Crippen LogP contribution in [0, 0.1) is 6.92 Å². The highest BCUT2D eigenvalue weighted by Crippen LogP contribution is 2.24. The average Bonchev–Trinajstić information content (AvgIpc) is 3.26. The molecule has 4 aromatic rings. The number of nitrogens with one attached hydrogen (secondary N) is 1. The Labute approximate surface area is 197 Å². The first-order valence-electron chi connectivity index (χ1n) is 10.5. The minimum Gasteiger partial charge on any atom is -0.496 e. The molecule has 6 nitrogen and oxygen atoms in total. The van der Waals surface area contributed by atoms with Crippen LogP contribution in [0.15, 0.2) is 79.0 Å². The molecule has 4 rings (SSSR count). The summed E-state index contributed by atoms with van der Waals surface area (Å²) in [5, 5.41) is 7.97. The molecule has 0 aliphatic rings. The Hall–Kier alpha value is -3.77. The van der Waals surface area contributed by atoms with E-state index in [0.717, 1.165) is 5.56 Å².